The summed E-state index contributed by atoms with van der Waals surface area (Å²) in [6.07, 6.45) is 3.26. The van der Waals surface area contributed by atoms with Crippen LogP contribution in [0.3, 0.4) is 0 Å². The maximum Gasteiger partial charge on any atom is 0.122 e. The van der Waals surface area contributed by atoms with Crippen LogP contribution in [0.1, 0.15) is 24.8 Å². The zero-order valence-electron chi connectivity index (χ0n) is 9.82. The molecule has 0 atom stereocenters. The molecule has 1 aliphatic carbocycles. The second-order valence-corrected chi connectivity index (χ2v) is 4.39. The Morgan fingerprint density at radius 3 is 2.00 bits per heavy atom. The van der Waals surface area contributed by atoms with Gasteiger partial charge >= 0.3 is 0 Å². The van der Waals surface area contributed by atoms with Crippen molar-refractivity contribution in [1.29, 1.82) is 0 Å². The molecule has 3 nitrogen and oxygen atoms in total. The van der Waals surface area contributed by atoms with Crippen LogP contribution in [0.25, 0.3) is 0 Å². The van der Waals surface area contributed by atoms with Gasteiger partial charge in [0, 0.05) is 11.5 Å². The molecule has 1 fully saturated rings. The summed E-state index contributed by atoms with van der Waals surface area (Å²) in [4.78, 5) is 0. The third kappa shape index (κ3) is 1.76. The number of aliphatic hydroxyl groups is 1. The van der Waals surface area contributed by atoms with Crippen LogP contribution < -0.4 is 9.47 Å². The van der Waals surface area contributed by atoms with Gasteiger partial charge in [0.05, 0.1) is 20.8 Å². The van der Waals surface area contributed by atoms with Gasteiger partial charge in [-0.2, -0.15) is 0 Å². The summed E-state index contributed by atoms with van der Waals surface area (Å²) in [6.45, 7) is 0.198. The van der Waals surface area contributed by atoms with E-state index >= 15 is 0 Å². The molecule has 0 amide bonds. The van der Waals surface area contributed by atoms with E-state index in [1.54, 1.807) is 14.2 Å². The molecular formula is C13H18O3. The minimum atomic E-state index is -0.0676. The van der Waals surface area contributed by atoms with Gasteiger partial charge in [0.25, 0.3) is 0 Å². The van der Waals surface area contributed by atoms with Crippen molar-refractivity contribution in [1.82, 2.24) is 0 Å². The van der Waals surface area contributed by atoms with Crippen molar-refractivity contribution in [3.05, 3.63) is 23.8 Å². The Kier molecular flexibility index (Phi) is 3.06. The average Bonchev–Trinajstić information content (AvgIpc) is 2.28. The largest absolute Gasteiger partial charge is 0.497 e. The molecule has 0 saturated heterocycles. The molecule has 1 saturated carbocycles. The predicted molar refractivity (Wildman–Crippen MR) is 62.2 cm³/mol. The Morgan fingerprint density at radius 2 is 1.69 bits per heavy atom. The summed E-state index contributed by atoms with van der Waals surface area (Å²) in [5.41, 5.74) is 1.06. The lowest BCUT2D eigenvalue weighted by Crippen LogP contribution is -2.37. The lowest BCUT2D eigenvalue weighted by Gasteiger charge is -2.41. The Bertz CT molecular complexity index is 342. The molecule has 1 aliphatic rings. The van der Waals surface area contributed by atoms with E-state index in [1.807, 2.05) is 18.2 Å². The van der Waals surface area contributed by atoms with Crippen LogP contribution in [0.4, 0.5) is 0 Å². The molecule has 0 unspecified atom stereocenters. The molecule has 0 aromatic heterocycles. The molecule has 0 bridgehead atoms. The molecule has 16 heavy (non-hydrogen) atoms. The van der Waals surface area contributed by atoms with Crippen LogP contribution >= 0.6 is 0 Å². The Hall–Kier alpha value is -1.22. The number of rotatable bonds is 4. The maximum absolute atomic E-state index is 9.54. The lowest BCUT2D eigenvalue weighted by molar-refractivity contribution is 0.119. The van der Waals surface area contributed by atoms with Crippen molar-refractivity contribution in [2.24, 2.45) is 0 Å². The van der Waals surface area contributed by atoms with E-state index in [9.17, 15) is 5.11 Å². The summed E-state index contributed by atoms with van der Waals surface area (Å²) in [5.74, 6) is 1.57. The van der Waals surface area contributed by atoms with Crippen LogP contribution in [0, 0.1) is 0 Å². The van der Waals surface area contributed by atoms with E-state index in [1.165, 1.54) is 6.42 Å². The van der Waals surface area contributed by atoms with Crippen molar-refractivity contribution < 1.29 is 14.6 Å². The number of aliphatic hydroxyl groups excluding tert-OH is 1. The van der Waals surface area contributed by atoms with Crippen LogP contribution in [-0.4, -0.2) is 25.9 Å². The first-order valence-electron chi connectivity index (χ1n) is 5.58. The quantitative estimate of drug-likeness (QED) is 0.848. The number of ether oxygens (including phenoxy) is 2. The van der Waals surface area contributed by atoms with Gasteiger partial charge in [-0.25, -0.2) is 0 Å². The van der Waals surface area contributed by atoms with Gasteiger partial charge < -0.3 is 14.6 Å². The van der Waals surface area contributed by atoms with Crippen molar-refractivity contribution in [2.75, 3.05) is 20.8 Å². The average molecular weight is 222 g/mol. The summed E-state index contributed by atoms with van der Waals surface area (Å²) < 4.78 is 10.5. The van der Waals surface area contributed by atoms with Gasteiger partial charge in [-0.3, -0.25) is 0 Å². The highest BCUT2D eigenvalue weighted by molar-refractivity contribution is 5.43. The van der Waals surface area contributed by atoms with E-state index in [4.69, 9.17) is 9.47 Å². The summed E-state index contributed by atoms with van der Waals surface area (Å²) in [6, 6.07) is 5.85. The SMILES string of the molecule is COc1cc(OC)cc(C2(CO)CCC2)c1. The normalized spacial score (nSPS) is 17.7. The van der Waals surface area contributed by atoms with Crippen LogP contribution in [0.2, 0.25) is 0 Å². The van der Waals surface area contributed by atoms with E-state index in [0.29, 0.717) is 0 Å². The van der Waals surface area contributed by atoms with Gasteiger partial charge in [-0.15, -0.1) is 0 Å². The standard InChI is InChI=1S/C13H18O3/c1-15-11-6-10(7-12(8-11)16-2)13(9-14)4-3-5-13/h6-8,14H,3-5,9H2,1-2H3. The molecule has 1 N–H and O–H groups in total. The zero-order valence-corrected chi connectivity index (χ0v) is 9.82. The smallest absolute Gasteiger partial charge is 0.122 e. The Labute approximate surface area is 96.0 Å². The Balaban J connectivity index is 2.39. The van der Waals surface area contributed by atoms with Gasteiger partial charge in [-0.1, -0.05) is 6.42 Å². The van der Waals surface area contributed by atoms with Crippen molar-refractivity contribution in [3.8, 4) is 11.5 Å². The fourth-order valence-electron chi connectivity index (χ4n) is 2.26. The first-order chi connectivity index (χ1) is 7.74. The van der Waals surface area contributed by atoms with E-state index in [0.717, 1.165) is 29.9 Å². The van der Waals surface area contributed by atoms with E-state index in [2.05, 4.69) is 0 Å². The number of benzene rings is 1. The number of methoxy groups -OCH3 is 2. The first-order valence-corrected chi connectivity index (χ1v) is 5.58. The second-order valence-electron chi connectivity index (χ2n) is 4.39. The highest BCUT2D eigenvalue weighted by Crippen LogP contribution is 2.45. The van der Waals surface area contributed by atoms with Crippen molar-refractivity contribution >= 4 is 0 Å². The lowest BCUT2D eigenvalue weighted by atomic mass is 9.65. The maximum atomic E-state index is 9.54. The van der Waals surface area contributed by atoms with Crippen LogP contribution in [0.15, 0.2) is 18.2 Å². The molecular weight excluding hydrogens is 204 g/mol. The highest BCUT2D eigenvalue weighted by Gasteiger charge is 2.38. The third-order valence-corrected chi connectivity index (χ3v) is 3.58. The minimum Gasteiger partial charge on any atom is -0.497 e. The molecule has 88 valence electrons. The predicted octanol–water partition coefficient (Wildman–Crippen LogP) is 2.12. The fraction of sp³-hybridized carbons (Fsp3) is 0.538. The highest BCUT2D eigenvalue weighted by atomic mass is 16.5. The molecule has 0 aliphatic heterocycles. The number of hydrogen-bond acceptors (Lipinski definition) is 3. The van der Waals surface area contributed by atoms with E-state index in [-0.39, 0.29) is 12.0 Å². The second kappa shape index (κ2) is 4.34. The molecule has 0 radical (unpaired) electrons. The summed E-state index contributed by atoms with van der Waals surface area (Å²) >= 11 is 0. The van der Waals surface area contributed by atoms with Gasteiger partial charge in [0.2, 0.25) is 0 Å². The summed E-state index contributed by atoms with van der Waals surface area (Å²) in [5, 5.41) is 9.54. The van der Waals surface area contributed by atoms with E-state index < -0.39 is 0 Å². The van der Waals surface area contributed by atoms with Gasteiger partial charge in [-0.05, 0) is 30.5 Å². The zero-order chi connectivity index (χ0) is 11.6. The van der Waals surface area contributed by atoms with Crippen molar-refractivity contribution in [2.45, 2.75) is 24.7 Å². The monoisotopic (exact) mass is 222 g/mol. The third-order valence-electron chi connectivity index (χ3n) is 3.58. The molecule has 0 spiro atoms. The Morgan fingerprint density at radius 1 is 1.12 bits per heavy atom. The first kappa shape index (κ1) is 11.3. The fourth-order valence-corrected chi connectivity index (χ4v) is 2.26. The molecule has 3 heteroatoms. The molecule has 1 aromatic carbocycles. The molecule has 2 rings (SSSR count). The van der Waals surface area contributed by atoms with Crippen LogP contribution in [0.5, 0.6) is 11.5 Å². The van der Waals surface area contributed by atoms with Crippen LogP contribution in [-0.2, 0) is 5.41 Å². The summed E-state index contributed by atoms with van der Waals surface area (Å²) in [7, 11) is 3.29. The number of hydrogen-bond donors (Lipinski definition) is 1. The molecule has 1 aromatic rings. The minimum absolute atomic E-state index is 0.0676. The van der Waals surface area contributed by atoms with Gasteiger partial charge in [0.15, 0.2) is 0 Å². The van der Waals surface area contributed by atoms with Gasteiger partial charge in [0.1, 0.15) is 11.5 Å². The molecule has 0 heterocycles. The van der Waals surface area contributed by atoms with Crippen molar-refractivity contribution in [3.63, 3.8) is 0 Å². The topological polar surface area (TPSA) is 38.7 Å².